The van der Waals surface area contributed by atoms with Crippen LogP contribution >= 0.6 is 0 Å². The van der Waals surface area contributed by atoms with Gasteiger partial charge in [-0.1, -0.05) is 18.2 Å². The molecule has 0 fully saturated rings. The van der Waals surface area contributed by atoms with Crippen molar-refractivity contribution in [2.75, 3.05) is 13.7 Å². The van der Waals surface area contributed by atoms with E-state index in [2.05, 4.69) is 11.4 Å². The van der Waals surface area contributed by atoms with Gasteiger partial charge < -0.3 is 15.2 Å². The highest BCUT2D eigenvalue weighted by Crippen LogP contribution is 2.37. The van der Waals surface area contributed by atoms with Crippen molar-refractivity contribution in [2.24, 2.45) is 0 Å². The van der Waals surface area contributed by atoms with E-state index in [9.17, 15) is 5.11 Å². The summed E-state index contributed by atoms with van der Waals surface area (Å²) in [7, 11) is 1.69. The van der Waals surface area contributed by atoms with Crippen LogP contribution < -0.4 is 10.1 Å². The second-order valence-electron chi connectivity index (χ2n) is 4.63. The molecule has 18 heavy (non-hydrogen) atoms. The van der Waals surface area contributed by atoms with Crippen molar-refractivity contribution in [3.8, 4) is 5.75 Å². The standard InChI is InChI=1S/C15H21NO2/c1-3-9-16-13-8-7-11-5-4-6-14(18-2)15(11)12(13)10-17/h3-6,9,12-13,16-17H,7-8,10H2,1-2H3/b9-3-/t12-,13-/m1/s1. The number of methoxy groups -OCH3 is 1. The molecule has 3 heteroatoms. The van der Waals surface area contributed by atoms with Gasteiger partial charge >= 0.3 is 0 Å². The van der Waals surface area contributed by atoms with Crippen LogP contribution in [0, 0.1) is 0 Å². The van der Waals surface area contributed by atoms with Crippen molar-refractivity contribution in [3.63, 3.8) is 0 Å². The smallest absolute Gasteiger partial charge is 0.122 e. The third kappa shape index (κ3) is 2.36. The highest BCUT2D eigenvalue weighted by Gasteiger charge is 2.30. The molecule has 0 saturated carbocycles. The fourth-order valence-electron chi connectivity index (χ4n) is 2.76. The Balaban J connectivity index is 2.35. The lowest BCUT2D eigenvalue weighted by Gasteiger charge is -2.33. The van der Waals surface area contributed by atoms with Gasteiger partial charge in [0, 0.05) is 17.5 Å². The Morgan fingerprint density at radius 1 is 1.50 bits per heavy atom. The zero-order valence-corrected chi connectivity index (χ0v) is 11.0. The molecule has 2 atom stereocenters. The van der Waals surface area contributed by atoms with Gasteiger partial charge in [-0.3, -0.25) is 0 Å². The first kappa shape index (κ1) is 13.0. The molecule has 0 radical (unpaired) electrons. The Bertz CT molecular complexity index is 414. The maximum atomic E-state index is 9.71. The summed E-state index contributed by atoms with van der Waals surface area (Å²) in [6.45, 7) is 2.13. The highest BCUT2D eigenvalue weighted by molar-refractivity contribution is 5.45. The first-order chi connectivity index (χ1) is 8.81. The Morgan fingerprint density at radius 3 is 3.00 bits per heavy atom. The lowest BCUT2D eigenvalue weighted by Crippen LogP contribution is -2.37. The van der Waals surface area contributed by atoms with Crippen molar-refractivity contribution >= 4 is 0 Å². The molecule has 1 aliphatic carbocycles. The Kier molecular flexibility index (Phi) is 4.26. The fourth-order valence-corrected chi connectivity index (χ4v) is 2.76. The van der Waals surface area contributed by atoms with Gasteiger partial charge in [0.15, 0.2) is 0 Å². The van der Waals surface area contributed by atoms with E-state index in [0.29, 0.717) is 0 Å². The summed E-state index contributed by atoms with van der Waals surface area (Å²) in [4.78, 5) is 0. The lowest BCUT2D eigenvalue weighted by molar-refractivity contribution is 0.226. The summed E-state index contributed by atoms with van der Waals surface area (Å²) < 4.78 is 5.44. The molecule has 0 bridgehead atoms. The van der Waals surface area contributed by atoms with E-state index in [-0.39, 0.29) is 18.6 Å². The quantitative estimate of drug-likeness (QED) is 0.857. The molecule has 0 saturated heterocycles. The number of aryl methyl sites for hydroxylation is 1. The molecule has 2 N–H and O–H groups in total. The molecular weight excluding hydrogens is 226 g/mol. The van der Waals surface area contributed by atoms with Gasteiger partial charge in [-0.15, -0.1) is 0 Å². The molecule has 0 aromatic heterocycles. The summed E-state index contributed by atoms with van der Waals surface area (Å²) >= 11 is 0. The predicted octanol–water partition coefficient (Wildman–Crippen LogP) is 2.21. The third-order valence-corrected chi connectivity index (χ3v) is 3.63. The van der Waals surface area contributed by atoms with E-state index in [1.807, 2.05) is 31.3 Å². The first-order valence-electron chi connectivity index (χ1n) is 6.45. The van der Waals surface area contributed by atoms with Crippen LogP contribution in [-0.4, -0.2) is 24.9 Å². The molecule has 2 rings (SSSR count). The summed E-state index contributed by atoms with van der Waals surface area (Å²) in [6, 6.07) is 6.40. The zero-order valence-electron chi connectivity index (χ0n) is 11.0. The van der Waals surface area contributed by atoms with Crippen molar-refractivity contribution in [3.05, 3.63) is 41.6 Å². The van der Waals surface area contributed by atoms with Gasteiger partial charge in [-0.25, -0.2) is 0 Å². The third-order valence-electron chi connectivity index (χ3n) is 3.63. The molecule has 3 nitrogen and oxygen atoms in total. The van der Waals surface area contributed by atoms with Gasteiger partial charge in [-0.05, 0) is 37.6 Å². The lowest BCUT2D eigenvalue weighted by atomic mass is 9.79. The Labute approximate surface area is 108 Å². The summed E-state index contributed by atoms with van der Waals surface area (Å²) in [5, 5.41) is 13.1. The second kappa shape index (κ2) is 5.91. The number of hydrogen-bond donors (Lipinski definition) is 2. The molecule has 0 heterocycles. The van der Waals surface area contributed by atoms with Crippen LogP contribution in [0.1, 0.15) is 30.4 Å². The number of rotatable bonds is 4. The van der Waals surface area contributed by atoms with E-state index < -0.39 is 0 Å². The number of fused-ring (bicyclic) bond motifs is 1. The summed E-state index contributed by atoms with van der Waals surface area (Å²) in [6.07, 6.45) is 5.99. The van der Waals surface area contributed by atoms with E-state index in [1.54, 1.807) is 7.11 Å². The predicted molar refractivity (Wildman–Crippen MR) is 72.9 cm³/mol. The number of nitrogens with one attached hydrogen (secondary N) is 1. The molecule has 1 aromatic carbocycles. The second-order valence-corrected chi connectivity index (χ2v) is 4.63. The van der Waals surface area contributed by atoms with E-state index >= 15 is 0 Å². The summed E-state index contributed by atoms with van der Waals surface area (Å²) in [5.41, 5.74) is 2.46. The van der Waals surface area contributed by atoms with Crippen LogP contribution in [0.3, 0.4) is 0 Å². The Morgan fingerprint density at radius 2 is 2.33 bits per heavy atom. The van der Waals surface area contributed by atoms with Gasteiger partial charge in [0.05, 0.1) is 13.7 Å². The van der Waals surface area contributed by atoms with Crippen LogP contribution in [0.25, 0.3) is 0 Å². The van der Waals surface area contributed by atoms with E-state index in [0.717, 1.165) is 24.2 Å². The number of ether oxygens (including phenoxy) is 1. The van der Waals surface area contributed by atoms with E-state index in [1.165, 1.54) is 5.56 Å². The Hall–Kier alpha value is -1.48. The molecule has 0 aliphatic heterocycles. The van der Waals surface area contributed by atoms with Gasteiger partial charge in [0.25, 0.3) is 0 Å². The van der Waals surface area contributed by atoms with Crippen molar-refractivity contribution < 1.29 is 9.84 Å². The average molecular weight is 247 g/mol. The van der Waals surface area contributed by atoms with Gasteiger partial charge in [0.2, 0.25) is 0 Å². The minimum absolute atomic E-state index is 0.0982. The number of hydrogen-bond acceptors (Lipinski definition) is 3. The van der Waals surface area contributed by atoms with Crippen LogP contribution in [0.4, 0.5) is 0 Å². The summed E-state index contributed by atoms with van der Waals surface area (Å²) in [5.74, 6) is 0.986. The van der Waals surface area contributed by atoms with Gasteiger partial charge in [-0.2, -0.15) is 0 Å². The number of benzene rings is 1. The normalized spacial score (nSPS) is 22.8. The van der Waals surface area contributed by atoms with Crippen molar-refractivity contribution in [2.45, 2.75) is 31.7 Å². The molecule has 1 aromatic rings. The maximum absolute atomic E-state index is 9.71. The largest absolute Gasteiger partial charge is 0.496 e. The van der Waals surface area contributed by atoms with Crippen LogP contribution in [-0.2, 0) is 6.42 Å². The molecular formula is C15H21NO2. The highest BCUT2D eigenvalue weighted by atomic mass is 16.5. The van der Waals surface area contributed by atoms with Gasteiger partial charge in [0.1, 0.15) is 5.75 Å². The van der Waals surface area contributed by atoms with Crippen molar-refractivity contribution in [1.82, 2.24) is 5.32 Å². The van der Waals surface area contributed by atoms with E-state index in [4.69, 9.17) is 4.74 Å². The minimum Gasteiger partial charge on any atom is -0.496 e. The topological polar surface area (TPSA) is 41.5 Å². The number of aliphatic hydroxyl groups excluding tert-OH is 1. The minimum atomic E-state index is 0.0982. The van der Waals surface area contributed by atoms with Crippen LogP contribution in [0.2, 0.25) is 0 Å². The molecule has 0 amide bonds. The zero-order chi connectivity index (χ0) is 13.0. The number of allylic oxidation sites excluding steroid dienone is 1. The average Bonchev–Trinajstić information content (AvgIpc) is 2.43. The van der Waals surface area contributed by atoms with Crippen LogP contribution in [0.15, 0.2) is 30.5 Å². The van der Waals surface area contributed by atoms with Crippen molar-refractivity contribution in [1.29, 1.82) is 0 Å². The molecule has 1 aliphatic rings. The first-order valence-corrected chi connectivity index (χ1v) is 6.45. The molecule has 98 valence electrons. The monoisotopic (exact) mass is 247 g/mol. The number of aliphatic hydroxyl groups is 1. The maximum Gasteiger partial charge on any atom is 0.122 e. The fraction of sp³-hybridized carbons (Fsp3) is 0.467. The van der Waals surface area contributed by atoms with Crippen LogP contribution in [0.5, 0.6) is 5.75 Å². The SMILES string of the molecule is C/C=C\N[C@@H]1CCc2cccc(OC)c2[C@@H]1CO. The molecule has 0 spiro atoms. The molecule has 0 unspecified atom stereocenters.